The first-order valence-electron chi connectivity index (χ1n) is 8.88. The minimum absolute atomic E-state index is 0.208. The van der Waals surface area contributed by atoms with Gasteiger partial charge in [-0.15, -0.1) is 0 Å². The van der Waals surface area contributed by atoms with Gasteiger partial charge in [-0.2, -0.15) is 5.10 Å². The van der Waals surface area contributed by atoms with E-state index in [1.54, 1.807) is 28.6 Å². The Hall–Kier alpha value is -2.70. The molecule has 6 nitrogen and oxygen atoms in total. The first kappa shape index (κ1) is 16.8. The lowest BCUT2D eigenvalue weighted by atomic mass is 10.0. The standard InChI is InChI=1S/C19H20FN3O3/c1-11-14(19(25)26)9-10-22(11)18(24)17-15-3-2-4-16(15)23(21-17)13-7-5-12(20)6-8-13/h5-8,11,14H,2-4,9-10H2,1H3,(H,25,26). The number of hydrogen-bond acceptors (Lipinski definition) is 3. The molecular formula is C19H20FN3O3. The number of likely N-dealkylation sites (tertiary alicyclic amines) is 1. The van der Waals surface area contributed by atoms with Gasteiger partial charge in [0.05, 0.1) is 11.6 Å². The van der Waals surface area contributed by atoms with E-state index in [0.29, 0.717) is 18.7 Å². The minimum Gasteiger partial charge on any atom is -0.481 e. The van der Waals surface area contributed by atoms with E-state index in [1.165, 1.54) is 12.1 Å². The van der Waals surface area contributed by atoms with Gasteiger partial charge in [-0.25, -0.2) is 9.07 Å². The number of aliphatic carboxylic acids is 1. The lowest BCUT2D eigenvalue weighted by Crippen LogP contribution is -2.38. The van der Waals surface area contributed by atoms with Crippen molar-refractivity contribution in [3.63, 3.8) is 0 Å². The summed E-state index contributed by atoms with van der Waals surface area (Å²) >= 11 is 0. The van der Waals surface area contributed by atoms with Crippen LogP contribution in [0.3, 0.4) is 0 Å². The second-order valence-corrected chi connectivity index (χ2v) is 6.99. The number of carboxylic acid groups (broad SMARTS) is 1. The van der Waals surface area contributed by atoms with Crippen LogP contribution in [0, 0.1) is 11.7 Å². The summed E-state index contributed by atoms with van der Waals surface area (Å²) in [7, 11) is 0. The van der Waals surface area contributed by atoms with Gasteiger partial charge in [0.2, 0.25) is 0 Å². The van der Waals surface area contributed by atoms with Gasteiger partial charge in [-0.3, -0.25) is 9.59 Å². The molecule has 0 spiro atoms. The molecule has 1 aromatic heterocycles. The maximum absolute atomic E-state index is 13.2. The number of rotatable bonds is 3. The largest absolute Gasteiger partial charge is 0.481 e. The summed E-state index contributed by atoms with van der Waals surface area (Å²) in [4.78, 5) is 26.0. The Balaban J connectivity index is 1.70. The minimum atomic E-state index is -0.866. The third-order valence-corrected chi connectivity index (χ3v) is 5.54. The summed E-state index contributed by atoms with van der Waals surface area (Å²) in [5.74, 6) is -1.93. The summed E-state index contributed by atoms with van der Waals surface area (Å²) < 4.78 is 14.9. The van der Waals surface area contributed by atoms with Crippen molar-refractivity contribution in [3.8, 4) is 5.69 Å². The maximum atomic E-state index is 13.2. The zero-order valence-corrected chi connectivity index (χ0v) is 14.5. The lowest BCUT2D eigenvalue weighted by molar-refractivity contribution is -0.142. The molecule has 1 N–H and O–H groups in total. The molecule has 1 aliphatic carbocycles. The zero-order valence-electron chi connectivity index (χ0n) is 14.5. The normalized spacial score (nSPS) is 21.8. The van der Waals surface area contributed by atoms with Crippen LogP contribution in [0.25, 0.3) is 5.69 Å². The van der Waals surface area contributed by atoms with Crippen molar-refractivity contribution in [3.05, 3.63) is 47.0 Å². The average Bonchev–Trinajstić information content (AvgIpc) is 3.29. The SMILES string of the molecule is CC1C(C(=O)O)CCN1C(=O)c1nn(-c2ccc(F)cc2)c2c1CCC2. The fourth-order valence-corrected chi connectivity index (χ4v) is 4.10. The Labute approximate surface area is 150 Å². The number of aromatic nitrogens is 2. The zero-order chi connectivity index (χ0) is 18.4. The molecule has 1 saturated heterocycles. The molecule has 2 heterocycles. The molecule has 0 radical (unpaired) electrons. The highest BCUT2D eigenvalue weighted by Crippen LogP contribution is 2.31. The molecule has 1 fully saturated rings. The number of amides is 1. The molecule has 2 aliphatic rings. The molecule has 1 aliphatic heterocycles. The van der Waals surface area contributed by atoms with Gasteiger partial charge < -0.3 is 10.0 Å². The van der Waals surface area contributed by atoms with Crippen LogP contribution in [0.4, 0.5) is 4.39 Å². The topological polar surface area (TPSA) is 75.4 Å². The fraction of sp³-hybridized carbons (Fsp3) is 0.421. The van der Waals surface area contributed by atoms with E-state index in [4.69, 9.17) is 0 Å². The number of carbonyl (C=O) groups excluding carboxylic acids is 1. The second kappa shape index (κ2) is 6.23. The fourth-order valence-electron chi connectivity index (χ4n) is 4.10. The molecular weight excluding hydrogens is 337 g/mol. The van der Waals surface area contributed by atoms with Crippen molar-refractivity contribution in [1.29, 1.82) is 0 Å². The van der Waals surface area contributed by atoms with E-state index in [1.807, 2.05) is 0 Å². The molecule has 1 amide bonds. The average molecular weight is 357 g/mol. The summed E-state index contributed by atoms with van der Waals surface area (Å²) in [5.41, 5.74) is 3.05. The van der Waals surface area contributed by atoms with E-state index in [0.717, 1.165) is 36.2 Å². The van der Waals surface area contributed by atoms with Gasteiger partial charge >= 0.3 is 5.97 Å². The Morgan fingerprint density at radius 3 is 2.62 bits per heavy atom. The molecule has 26 heavy (non-hydrogen) atoms. The van der Waals surface area contributed by atoms with Crippen LogP contribution >= 0.6 is 0 Å². The van der Waals surface area contributed by atoms with Crippen molar-refractivity contribution in [2.75, 3.05) is 6.54 Å². The summed E-state index contributed by atoms with van der Waals surface area (Å²) in [5, 5.41) is 13.8. The first-order chi connectivity index (χ1) is 12.5. The number of hydrogen-bond donors (Lipinski definition) is 1. The van der Waals surface area contributed by atoms with E-state index in [9.17, 15) is 19.1 Å². The highest BCUT2D eigenvalue weighted by molar-refractivity contribution is 5.95. The van der Waals surface area contributed by atoms with Crippen molar-refractivity contribution in [2.45, 2.75) is 38.6 Å². The monoisotopic (exact) mass is 357 g/mol. The van der Waals surface area contributed by atoms with Crippen molar-refractivity contribution >= 4 is 11.9 Å². The van der Waals surface area contributed by atoms with E-state index >= 15 is 0 Å². The molecule has 7 heteroatoms. The molecule has 0 bridgehead atoms. The Morgan fingerprint density at radius 1 is 1.23 bits per heavy atom. The van der Waals surface area contributed by atoms with Crippen molar-refractivity contribution < 1.29 is 19.1 Å². The Kier molecular flexibility index (Phi) is 4.01. The predicted octanol–water partition coefficient (Wildman–Crippen LogP) is 2.44. The van der Waals surface area contributed by atoms with Gasteiger partial charge in [-0.05, 0) is 56.9 Å². The number of carboxylic acids is 1. The highest BCUT2D eigenvalue weighted by atomic mass is 19.1. The molecule has 1 aromatic carbocycles. The Morgan fingerprint density at radius 2 is 1.96 bits per heavy atom. The molecule has 136 valence electrons. The molecule has 0 saturated carbocycles. The maximum Gasteiger partial charge on any atom is 0.308 e. The second-order valence-electron chi connectivity index (χ2n) is 6.99. The van der Waals surface area contributed by atoms with Gasteiger partial charge in [-0.1, -0.05) is 0 Å². The highest BCUT2D eigenvalue weighted by Gasteiger charge is 2.40. The van der Waals surface area contributed by atoms with Crippen LogP contribution in [0.5, 0.6) is 0 Å². The molecule has 2 atom stereocenters. The third kappa shape index (κ3) is 2.58. The van der Waals surface area contributed by atoms with Crippen LogP contribution in [0.15, 0.2) is 24.3 Å². The van der Waals surface area contributed by atoms with E-state index in [2.05, 4.69) is 5.10 Å². The number of nitrogens with zero attached hydrogens (tertiary/aromatic N) is 3. The van der Waals surface area contributed by atoms with Gasteiger partial charge in [0.1, 0.15) is 5.82 Å². The number of carbonyl (C=O) groups is 2. The predicted molar refractivity (Wildman–Crippen MR) is 91.8 cm³/mol. The number of benzene rings is 1. The Bertz CT molecular complexity index is 875. The van der Waals surface area contributed by atoms with E-state index < -0.39 is 11.9 Å². The number of fused-ring (bicyclic) bond motifs is 1. The lowest BCUT2D eigenvalue weighted by Gasteiger charge is -2.22. The van der Waals surface area contributed by atoms with E-state index in [-0.39, 0.29) is 17.8 Å². The summed E-state index contributed by atoms with van der Waals surface area (Å²) in [6.45, 7) is 2.20. The van der Waals surface area contributed by atoms with Gasteiger partial charge in [0.25, 0.3) is 5.91 Å². The molecule has 4 rings (SSSR count). The molecule has 2 aromatic rings. The van der Waals surface area contributed by atoms with Crippen molar-refractivity contribution in [2.24, 2.45) is 5.92 Å². The number of halogens is 1. The smallest absolute Gasteiger partial charge is 0.308 e. The summed E-state index contributed by atoms with van der Waals surface area (Å²) in [6.07, 6.45) is 3.01. The third-order valence-electron chi connectivity index (χ3n) is 5.54. The first-order valence-corrected chi connectivity index (χ1v) is 8.88. The van der Waals surface area contributed by atoms with Crippen LogP contribution in [-0.2, 0) is 17.6 Å². The van der Waals surface area contributed by atoms with Gasteiger partial charge in [0, 0.05) is 23.8 Å². The molecule has 2 unspecified atom stereocenters. The van der Waals surface area contributed by atoms with Crippen LogP contribution in [0.2, 0.25) is 0 Å². The van der Waals surface area contributed by atoms with Crippen LogP contribution in [0.1, 0.15) is 41.5 Å². The van der Waals surface area contributed by atoms with Crippen LogP contribution < -0.4 is 0 Å². The quantitative estimate of drug-likeness (QED) is 0.915. The van der Waals surface area contributed by atoms with Crippen molar-refractivity contribution in [1.82, 2.24) is 14.7 Å². The van der Waals surface area contributed by atoms with Crippen LogP contribution in [-0.4, -0.2) is 44.3 Å². The summed E-state index contributed by atoms with van der Waals surface area (Å²) in [6, 6.07) is 5.69. The van der Waals surface area contributed by atoms with Gasteiger partial charge in [0.15, 0.2) is 5.69 Å².